The first kappa shape index (κ1) is 29.8. The number of thioether (sulfide) groups is 1. The molecule has 0 amide bonds. The van der Waals surface area contributed by atoms with Crippen molar-refractivity contribution < 1.29 is 24.2 Å². The van der Waals surface area contributed by atoms with Gasteiger partial charge in [0.05, 0.1) is 18.5 Å². The number of Topliss-reactive ketones (excluding diaryl/α,β-unsaturated/α-hetero) is 1. The van der Waals surface area contributed by atoms with Crippen molar-refractivity contribution in [1.82, 2.24) is 5.32 Å². The summed E-state index contributed by atoms with van der Waals surface area (Å²) in [5, 5.41) is 15.1. The molecule has 7 heteroatoms. The Morgan fingerprint density at radius 2 is 2.05 bits per heavy atom. The highest BCUT2D eigenvalue weighted by Crippen LogP contribution is 2.82. The van der Waals surface area contributed by atoms with Crippen LogP contribution in [0.2, 0.25) is 0 Å². The Morgan fingerprint density at radius 3 is 2.77 bits per heavy atom. The minimum Gasteiger partial charge on any atom is -0.461 e. The topological polar surface area (TPSA) is 84.9 Å². The predicted octanol–water partition coefficient (Wildman–Crippen LogP) is 5.42. The van der Waals surface area contributed by atoms with E-state index in [0.717, 1.165) is 42.8 Å². The van der Waals surface area contributed by atoms with Crippen LogP contribution in [0.3, 0.4) is 0 Å². The van der Waals surface area contributed by atoms with Crippen LogP contribution in [0.25, 0.3) is 0 Å². The second-order valence-corrected chi connectivity index (χ2v) is 14.7. The summed E-state index contributed by atoms with van der Waals surface area (Å²) in [6.07, 6.45) is 4.53. The molecule has 4 saturated carbocycles. The van der Waals surface area contributed by atoms with Crippen LogP contribution < -0.4 is 5.32 Å². The van der Waals surface area contributed by atoms with Gasteiger partial charge >= 0.3 is 5.97 Å². The van der Waals surface area contributed by atoms with Crippen LogP contribution in [0.4, 0.5) is 0 Å². The molecule has 0 heterocycles. The maximum Gasteiger partial charge on any atom is 0.316 e. The normalized spacial score (nSPS) is 41.9. The Morgan fingerprint density at radius 1 is 1.27 bits per heavy atom. The summed E-state index contributed by atoms with van der Waals surface area (Å²) in [4.78, 5) is 27.9. The quantitative estimate of drug-likeness (QED) is 0.168. The highest BCUT2D eigenvalue weighted by molar-refractivity contribution is 8.00. The molecule has 4 aliphatic carbocycles. The first-order valence-electron chi connectivity index (χ1n) is 14.9. The smallest absolute Gasteiger partial charge is 0.316 e. The van der Waals surface area contributed by atoms with Gasteiger partial charge in [-0.1, -0.05) is 45.9 Å². The van der Waals surface area contributed by atoms with Crippen molar-refractivity contribution in [2.24, 2.45) is 39.4 Å². The molecule has 0 saturated heterocycles. The van der Waals surface area contributed by atoms with E-state index in [1.54, 1.807) is 7.11 Å². The number of benzene rings is 1. The third-order valence-electron chi connectivity index (χ3n) is 11.7. The lowest BCUT2D eigenvalue weighted by molar-refractivity contribution is -0.257. The Balaban J connectivity index is 1.36. The lowest BCUT2D eigenvalue weighted by atomic mass is 9.32. The Kier molecular flexibility index (Phi) is 8.10. The first-order valence-corrected chi connectivity index (χ1v) is 15.9. The van der Waals surface area contributed by atoms with Crippen LogP contribution in [0.5, 0.6) is 0 Å². The number of esters is 1. The number of aliphatic hydroxyl groups is 1. The first-order chi connectivity index (χ1) is 19.0. The molecule has 1 aromatic carbocycles. The molecule has 1 aromatic rings. The van der Waals surface area contributed by atoms with Gasteiger partial charge in [0, 0.05) is 47.8 Å². The molecule has 0 aromatic heterocycles. The largest absolute Gasteiger partial charge is 0.461 e. The number of hydrogen-bond acceptors (Lipinski definition) is 7. The van der Waals surface area contributed by atoms with Gasteiger partial charge in [-0.3, -0.25) is 9.59 Å². The molecule has 2 spiro atoms. The van der Waals surface area contributed by atoms with Gasteiger partial charge in [0.25, 0.3) is 0 Å². The lowest BCUT2D eigenvalue weighted by Crippen LogP contribution is -2.71. The second-order valence-electron chi connectivity index (χ2n) is 13.6. The van der Waals surface area contributed by atoms with Crippen LogP contribution in [-0.2, 0) is 25.6 Å². The van der Waals surface area contributed by atoms with Crippen molar-refractivity contribution in [2.45, 2.75) is 83.4 Å². The summed E-state index contributed by atoms with van der Waals surface area (Å²) in [5.74, 6) is 0.787. The maximum atomic E-state index is 13.5. The van der Waals surface area contributed by atoms with Crippen molar-refractivity contribution >= 4 is 23.5 Å². The third-order valence-corrected chi connectivity index (χ3v) is 12.6. The van der Waals surface area contributed by atoms with Crippen molar-refractivity contribution in [3.8, 4) is 0 Å². The van der Waals surface area contributed by atoms with E-state index in [2.05, 4.69) is 51.7 Å². The van der Waals surface area contributed by atoms with E-state index in [9.17, 15) is 14.7 Å². The molecule has 220 valence electrons. The number of rotatable bonds is 10. The number of ether oxygens (including phenoxy) is 2. The van der Waals surface area contributed by atoms with Gasteiger partial charge in [-0.05, 0) is 66.5 Å². The maximum absolute atomic E-state index is 13.5. The average Bonchev–Trinajstić information content (AvgIpc) is 3.12. The number of hydrogen-bond donors (Lipinski definition) is 2. The summed E-state index contributed by atoms with van der Waals surface area (Å²) >= 11 is 1.49. The molecule has 4 unspecified atom stereocenters. The Hall–Kier alpha value is -1.67. The standard InChI is InChI=1S/C33H47NO5S/c1-7-30(4)17-26(39-27(36)19-40-24-10-8-9-23(15-24)18-34-13-14-38-6)31(5)21(2)16-33-20-32(29(31)33,12-11-25(33)35)22(3)28(30)37/h7-10,15,21-22,26,28-29,34,37H,1,11-14,16-20H2,2-6H3/t21?,22-,26+,28-,29?,30+,31-,32?,33?/m0/s1. The summed E-state index contributed by atoms with van der Waals surface area (Å²) < 4.78 is 11.5. The summed E-state index contributed by atoms with van der Waals surface area (Å²) in [7, 11) is 1.69. The van der Waals surface area contributed by atoms with Crippen LogP contribution in [0.1, 0.15) is 65.4 Å². The molecule has 5 rings (SSSR count). The van der Waals surface area contributed by atoms with E-state index < -0.39 is 17.6 Å². The molecule has 4 fully saturated rings. The van der Waals surface area contributed by atoms with Gasteiger partial charge in [0.2, 0.25) is 0 Å². The number of aliphatic hydroxyl groups excluding tert-OH is 1. The zero-order valence-electron chi connectivity index (χ0n) is 24.8. The summed E-state index contributed by atoms with van der Waals surface area (Å²) in [6, 6.07) is 8.22. The van der Waals surface area contributed by atoms with Gasteiger partial charge < -0.3 is 19.9 Å². The van der Waals surface area contributed by atoms with E-state index in [0.29, 0.717) is 25.2 Å². The van der Waals surface area contributed by atoms with E-state index >= 15 is 0 Å². The van der Waals surface area contributed by atoms with Crippen molar-refractivity contribution in [3.63, 3.8) is 0 Å². The Labute approximate surface area is 244 Å². The molecule has 40 heavy (non-hydrogen) atoms. The minimum absolute atomic E-state index is 0.0508. The van der Waals surface area contributed by atoms with Crippen LogP contribution in [-0.4, -0.2) is 55.1 Å². The van der Waals surface area contributed by atoms with Crippen molar-refractivity contribution in [3.05, 3.63) is 42.5 Å². The summed E-state index contributed by atoms with van der Waals surface area (Å²) in [5.41, 5.74) is -0.190. The second kappa shape index (κ2) is 10.9. The number of carbonyl (C=O) groups excluding carboxylic acids is 2. The monoisotopic (exact) mass is 569 g/mol. The number of ketones is 1. The van der Waals surface area contributed by atoms with Crippen LogP contribution >= 0.6 is 11.8 Å². The molecular formula is C33H47NO5S. The van der Waals surface area contributed by atoms with E-state index in [1.807, 2.05) is 18.2 Å². The highest BCUT2D eigenvalue weighted by atomic mass is 32.2. The Bertz CT molecular complexity index is 1160. The molecule has 6 nitrogen and oxygen atoms in total. The van der Waals surface area contributed by atoms with E-state index in [1.165, 1.54) is 11.8 Å². The predicted molar refractivity (Wildman–Crippen MR) is 158 cm³/mol. The molecule has 2 N–H and O–H groups in total. The van der Waals surface area contributed by atoms with Gasteiger partial charge in [0.1, 0.15) is 11.9 Å². The number of carbonyl (C=O) groups is 2. The van der Waals surface area contributed by atoms with Gasteiger partial charge in [-0.25, -0.2) is 0 Å². The van der Waals surface area contributed by atoms with Crippen LogP contribution in [0.15, 0.2) is 41.8 Å². The summed E-state index contributed by atoms with van der Waals surface area (Å²) in [6.45, 7) is 15.1. The van der Waals surface area contributed by atoms with Gasteiger partial charge in [-0.15, -0.1) is 18.3 Å². The molecule has 0 aliphatic heterocycles. The van der Waals surface area contributed by atoms with Crippen molar-refractivity contribution in [2.75, 3.05) is 26.0 Å². The fraction of sp³-hybridized carbons (Fsp3) is 0.697. The highest BCUT2D eigenvalue weighted by Gasteiger charge is 2.81. The van der Waals surface area contributed by atoms with Gasteiger partial charge in [-0.2, -0.15) is 0 Å². The average molecular weight is 570 g/mol. The van der Waals surface area contributed by atoms with Crippen molar-refractivity contribution in [1.29, 1.82) is 0 Å². The SMILES string of the molecule is C=C[C@]1(C)C[C@@H](OC(=O)CSc2cccc(CNCCOC)c2)[C@]2(C)C(C)CC34CC(CCC3=O)(C42)[C@@H](C)[C@@H]1O. The fourth-order valence-corrected chi connectivity index (χ4v) is 10.3. The lowest BCUT2D eigenvalue weighted by Gasteiger charge is -2.71. The van der Waals surface area contributed by atoms with Crippen LogP contribution in [0, 0.1) is 39.4 Å². The zero-order chi connectivity index (χ0) is 28.9. The third kappa shape index (κ3) is 4.50. The zero-order valence-corrected chi connectivity index (χ0v) is 25.6. The molecular weight excluding hydrogens is 522 g/mol. The van der Waals surface area contributed by atoms with E-state index in [-0.39, 0.29) is 45.7 Å². The molecule has 9 atom stereocenters. The van der Waals surface area contributed by atoms with E-state index in [4.69, 9.17) is 9.47 Å². The molecule has 0 radical (unpaired) electrons. The fourth-order valence-electron chi connectivity index (χ4n) is 9.51. The minimum atomic E-state index is -0.604. The molecule has 4 aliphatic rings. The number of methoxy groups -OCH3 is 1. The molecule has 2 bridgehead atoms. The number of nitrogens with one attached hydrogen (secondary N) is 1. The van der Waals surface area contributed by atoms with Gasteiger partial charge in [0.15, 0.2) is 0 Å².